The number of carbonyl (C=O) groups excluding carboxylic acids is 1. The van der Waals surface area contributed by atoms with E-state index in [9.17, 15) is 13.2 Å². The van der Waals surface area contributed by atoms with Crippen LogP contribution in [0.2, 0.25) is 0 Å². The van der Waals surface area contributed by atoms with Crippen LogP contribution in [0.4, 0.5) is 0 Å². The van der Waals surface area contributed by atoms with Gasteiger partial charge in [0.2, 0.25) is 15.9 Å². The van der Waals surface area contributed by atoms with Crippen LogP contribution in [0.15, 0.2) is 18.2 Å². The number of piperazine rings is 1. The topological polar surface area (TPSA) is 79.4 Å². The average Bonchev–Trinajstić information content (AvgIpc) is 2.82. The number of methoxy groups -OCH3 is 2. The molecule has 1 amide bonds. The zero-order valence-corrected chi connectivity index (χ0v) is 20.4. The van der Waals surface area contributed by atoms with E-state index in [4.69, 9.17) is 9.47 Å². The third-order valence-corrected chi connectivity index (χ3v) is 8.45. The van der Waals surface area contributed by atoms with E-state index in [1.807, 2.05) is 30.0 Å². The second-order valence-electron chi connectivity index (χ2n) is 8.63. The Labute approximate surface area is 192 Å². The predicted octanol–water partition coefficient (Wildman–Crippen LogP) is 2.19. The molecule has 0 radical (unpaired) electrons. The fourth-order valence-electron chi connectivity index (χ4n) is 4.46. The Morgan fingerprint density at radius 1 is 1.00 bits per heavy atom. The minimum absolute atomic E-state index is 0.0648. The SMILES string of the molecule is CCCCS(=O)(=O)N1CCC(C(=O)N2CCN(Cc3ccc(OC)c(OC)c3)CC2)CC1. The van der Waals surface area contributed by atoms with E-state index in [0.29, 0.717) is 45.4 Å². The molecule has 9 heteroatoms. The Morgan fingerprint density at radius 2 is 1.66 bits per heavy atom. The zero-order valence-electron chi connectivity index (χ0n) is 19.6. The van der Waals surface area contributed by atoms with Gasteiger partial charge in [-0.2, -0.15) is 0 Å². The van der Waals surface area contributed by atoms with Crippen molar-refractivity contribution in [1.82, 2.24) is 14.1 Å². The molecule has 32 heavy (non-hydrogen) atoms. The smallest absolute Gasteiger partial charge is 0.225 e. The average molecular weight is 468 g/mol. The highest BCUT2D eigenvalue weighted by Gasteiger charge is 2.33. The molecule has 0 saturated carbocycles. The van der Waals surface area contributed by atoms with Crippen LogP contribution in [-0.2, 0) is 21.4 Å². The molecule has 2 saturated heterocycles. The molecule has 180 valence electrons. The third kappa shape index (κ3) is 6.14. The maximum atomic E-state index is 13.0. The van der Waals surface area contributed by atoms with Gasteiger partial charge in [0, 0.05) is 51.7 Å². The molecule has 1 aromatic rings. The van der Waals surface area contributed by atoms with E-state index >= 15 is 0 Å². The number of hydrogen-bond donors (Lipinski definition) is 0. The number of amides is 1. The molecular weight excluding hydrogens is 430 g/mol. The molecule has 2 fully saturated rings. The summed E-state index contributed by atoms with van der Waals surface area (Å²) in [6, 6.07) is 5.96. The fourth-order valence-corrected chi connectivity index (χ4v) is 6.14. The molecule has 0 unspecified atom stereocenters. The summed E-state index contributed by atoms with van der Waals surface area (Å²) < 4.78 is 37.1. The van der Waals surface area contributed by atoms with Gasteiger partial charge in [-0.25, -0.2) is 12.7 Å². The summed E-state index contributed by atoms with van der Waals surface area (Å²) >= 11 is 0. The lowest BCUT2D eigenvalue weighted by Gasteiger charge is -2.38. The van der Waals surface area contributed by atoms with Crippen LogP contribution in [-0.4, -0.2) is 87.7 Å². The van der Waals surface area contributed by atoms with Crippen LogP contribution in [0.1, 0.15) is 38.2 Å². The molecule has 0 aliphatic carbocycles. The molecule has 2 aliphatic heterocycles. The normalized spacial score (nSPS) is 19.2. The number of piperidine rings is 1. The van der Waals surface area contributed by atoms with Gasteiger partial charge < -0.3 is 14.4 Å². The van der Waals surface area contributed by atoms with E-state index in [-0.39, 0.29) is 17.6 Å². The highest BCUT2D eigenvalue weighted by molar-refractivity contribution is 7.89. The summed E-state index contributed by atoms with van der Waals surface area (Å²) in [5, 5.41) is 0. The number of sulfonamides is 1. The Kier molecular flexibility index (Phi) is 8.79. The summed E-state index contributed by atoms with van der Waals surface area (Å²) in [5.41, 5.74) is 1.15. The Hall–Kier alpha value is -1.84. The summed E-state index contributed by atoms with van der Waals surface area (Å²) in [4.78, 5) is 17.3. The molecule has 8 nitrogen and oxygen atoms in total. The first-order valence-corrected chi connectivity index (χ1v) is 13.2. The Balaban J connectivity index is 1.46. The molecule has 0 spiro atoms. The van der Waals surface area contributed by atoms with E-state index in [2.05, 4.69) is 4.90 Å². The van der Waals surface area contributed by atoms with Crippen LogP contribution in [0.25, 0.3) is 0 Å². The van der Waals surface area contributed by atoms with Crippen molar-refractivity contribution in [3.8, 4) is 11.5 Å². The van der Waals surface area contributed by atoms with Crippen molar-refractivity contribution in [2.24, 2.45) is 5.92 Å². The van der Waals surface area contributed by atoms with Crippen LogP contribution in [0.3, 0.4) is 0 Å². The van der Waals surface area contributed by atoms with Crippen molar-refractivity contribution in [2.45, 2.75) is 39.2 Å². The number of rotatable bonds is 9. The number of ether oxygens (including phenoxy) is 2. The highest BCUT2D eigenvalue weighted by atomic mass is 32.2. The fraction of sp³-hybridized carbons (Fsp3) is 0.696. The van der Waals surface area contributed by atoms with Crippen LogP contribution in [0.5, 0.6) is 11.5 Å². The van der Waals surface area contributed by atoms with Gasteiger partial charge in [-0.05, 0) is 37.0 Å². The Bertz CT molecular complexity index is 860. The number of unbranched alkanes of at least 4 members (excludes halogenated alkanes) is 1. The summed E-state index contributed by atoms with van der Waals surface area (Å²) in [7, 11) is 0.0829. The van der Waals surface area contributed by atoms with Gasteiger partial charge in [-0.15, -0.1) is 0 Å². The van der Waals surface area contributed by atoms with Gasteiger partial charge in [0.1, 0.15) is 0 Å². The zero-order chi connectivity index (χ0) is 23.1. The van der Waals surface area contributed by atoms with Crippen molar-refractivity contribution < 1.29 is 22.7 Å². The number of nitrogens with zero attached hydrogens (tertiary/aromatic N) is 3. The lowest BCUT2D eigenvalue weighted by molar-refractivity contribution is -0.138. The monoisotopic (exact) mass is 467 g/mol. The first-order chi connectivity index (χ1) is 15.4. The second kappa shape index (κ2) is 11.3. The molecule has 0 atom stereocenters. The van der Waals surface area contributed by atoms with Gasteiger partial charge >= 0.3 is 0 Å². The van der Waals surface area contributed by atoms with Gasteiger partial charge in [0.25, 0.3) is 0 Å². The second-order valence-corrected chi connectivity index (χ2v) is 10.7. The quantitative estimate of drug-likeness (QED) is 0.554. The summed E-state index contributed by atoms with van der Waals surface area (Å²) in [6.45, 7) is 6.78. The van der Waals surface area contributed by atoms with Gasteiger partial charge in [0.05, 0.1) is 20.0 Å². The maximum Gasteiger partial charge on any atom is 0.225 e. The van der Waals surface area contributed by atoms with Crippen molar-refractivity contribution >= 4 is 15.9 Å². The third-order valence-electron chi connectivity index (χ3n) is 6.49. The van der Waals surface area contributed by atoms with Gasteiger partial charge in [-0.3, -0.25) is 9.69 Å². The van der Waals surface area contributed by atoms with Gasteiger partial charge in [-0.1, -0.05) is 19.4 Å². The molecule has 2 heterocycles. The molecule has 0 aromatic heterocycles. The van der Waals surface area contributed by atoms with E-state index in [0.717, 1.165) is 43.1 Å². The van der Waals surface area contributed by atoms with Crippen LogP contribution < -0.4 is 9.47 Å². The molecule has 0 bridgehead atoms. The highest BCUT2D eigenvalue weighted by Crippen LogP contribution is 2.28. The van der Waals surface area contributed by atoms with Crippen LogP contribution in [0, 0.1) is 5.92 Å². The number of carbonyl (C=O) groups is 1. The molecule has 1 aromatic carbocycles. The first-order valence-electron chi connectivity index (χ1n) is 11.6. The molecule has 3 rings (SSSR count). The lowest BCUT2D eigenvalue weighted by atomic mass is 9.96. The largest absolute Gasteiger partial charge is 0.493 e. The van der Waals surface area contributed by atoms with E-state index in [1.165, 1.54) is 0 Å². The van der Waals surface area contributed by atoms with Crippen molar-refractivity contribution in [3.63, 3.8) is 0 Å². The van der Waals surface area contributed by atoms with E-state index < -0.39 is 10.0 Å². The molecule has 0 N–H and O–H groups in total. The number of benzene rings is 1. The first kappa shape index (κ1) is 24.8. The standard InChI is InChI=1S/C23H37N3O5S/c1-4-5-16-32(28,29)26-10-8-20(9-11-26)23(27)25-14-12-24(13-15-25)18-19-6-7-21(30-2)22(17-19)31-3/h6-7,17,20H,4-5,8-16,18H2,1-3H3. The Morgan fingerprint density at radius 3 is 2.25 bits per heavy atom. The molecule has 2 aliphatic rings. The van der Waals surface area contributed by atoms with E-state index in [1.54, 1.807) is 18.5 Å². The van der Waals surface area contributed by atoms with Crippen molar-refractivity contribution in [2.75, 3.05) is 59.2 Å². The minimum Gasteiger partial charge on any atom is -0.493 e. The van der Waals surface area contributed by atoms with Crippen molar-refractivity contribution in [3.05, 3.63) is 23.8 Å². The lowest BCUT2D eigenvalue weighted by Crippen LogP contribution is -2.51. The minimum atomic E-state index is -3.18. The van der Waals surface area contributed by atoms with Crippen LogP contribution >= 0.6 is 0 Å². The van der Waals surface area contributed by atoms with Gasteiger partial charge in [0.15, 0.2) is 11.5 Å². The summed E-state index contributed by atoms with van der Waals surface area (Å²) in [5.74, 6) is 1.77. The summed E-state index contributed by atoms with van der Waals surface area (Å²) in [6.07, 6.45) is 2.80. The maximum absolute atomic E-state index is 13.0. The molecular formula is C23H37N3O5S. The predicted molar refractivity (Wildman–Crippen MR) is 124 cm³/mol. The van der Waals surface area contributed by atoms with Crippen molar-refractivity contribution in [1.29, 1.82) is 0 Å². The number of hydrogen-bond acceptors (Lipinski definition) is 6.